The van der Waals surface area contributed by atoms with Gasteiger partial charge >= 0.3 is 5.97 Å². The summed E-state index contributed by atoms with van der Waals surface area (Å²) in [5.41, 5.74) is 0.599. The van der Waals surface area contributed by atoms with Crippen molar-refractivity contribution < 1.29 is 14.6 Å². The summed E-state index contributed by atoms with van der Waals surface area (Å²) in [6.45, 7) is 4.43. The molecule has 0 saturated carbocycles. The molecule has 100 valence electrons. The van der Waals surface area contributed by atoms with Gasteiger partial charge in [0.2, 0.25) is 0 Å². The van der Waals surface area contributed by atoms with Crippen molar-refractivity contribution in [3.8, 4) is 0 Å². The molecule has 2 N–H and O–H groups in total. The molecule has 18 heavy (non-hydrogen) atoms. The number of methoxy groups -OCH3 is 1. The number of hydrogen-bond donors (Lipinski definition) is 2. The zero-order valence-electron chi connectivity index (χ0n) is 11.1. The van der Waals surface area contributed by atoms with E-state index in [2.05, 4.69) is 5.32 Å². The lowest BCUT2D eigenvalue weighted by Gasteiger charge is -2.24. The predicted molar refractivity (Wildman–Crippen MR) is 74.8 cm³/mol. The van der Waals surface area contributed by atoms with E-state index in [-0.39, 0.29) is 5.60 Å². The summed E-state index contributed by atoms with van der Waals surface area (Å²) in [5.74, 6) is -0.919. The highest BCUT2D eigenvalue weighted by molar-refractivity contribution is 7.98. The van der Waals surface area contributed by atoms with E-state index < -0.39 is 5.97 Å². The minimum atomic E-state index is -0.919. The van der Waals surface area contributed by atoms with Crippen molar-refractivity contribution in [1.29, 1.82) is 0 Å². The van der Waals surface area contributed by atoms with Crippen LogP contribution in [-0.2, 0) is 4.74 Å². The first kappa shape index (κ1) is 14.9. The lowest BCUT2D eigenvalue weighted by molar-refractivity contribution is 0.0343. The number of rotatable bonds is 6. The highest BCUT2D eigenvalue weighted by Crippen LogP contribution is 2.27. The largest absolute Gasteiger partial charge is 0.478 e. The molecule has 0 unspecified atom stereocenters. The average Bonchev–Trinajstić information content (AvgIpc) is 2.35. The molecule has 0 amide bonds. The van der Waals surface area contributed by atoms with Gasteiger partial charge in [0.1, 0.15) is 0 Å². The molecule has 1 aromatic rings. The van der Waals surface area contributed by atoms with Crippen LogP contribution in [-0.4, -0.2) is 36.6 Å². The van der Waals surface area contributed by atoms with E-state index >= 15 is 0 Å². The maximum absolute atomic E-state index is 11.3. The zero-order chi connectivity index (χ0) is 13.8. The van der Waals surface area contributed by atoms with Crippen molar-refractivity contribution in [2.75, 3.05) is 25.2 Å². The molecule has 0 spiro atoms. The minimum Gasteiger partial charge on any atom is -0.478 e. The van der Waals surface area contributed by atoms with Gasteiger partial charge in [0.25, 0.3) is 0 Å². The van der Waals surface area contributed by atoms with Crippen molar-refractivity contribution >= 4 is 23.4 Å². The quantitative estimate of drug-likeness (QED) is 0.778. The van der Waals surface area contributed by atoms with Crippen LogP contribution in [0, 0.1) is 0 Å². The van der Waals surface area contributed by atoms with Gasteiger partial charge in [0.15, 0.2) is 0 Å². The maximum atomic E-state index is 11.3. The van der Waals surface area contributed by atoms with Crippen LogP contribution < -0.4 is 5.32 Å². The Morgan fingerprint density at radius 1 is 1.50 bits per heavy atom. The predicted octanol–water partition coefficient (Wildman–Crippen LogP) is 2.94. The number of thioether (sulfide) groups is 1. The fourth-order valence-electron chi connectivity index (χ4n) is 1.45. The zero-order valence-corrected chi connectivity index (χ0v) is 11.9. The summed E-state index contributed by atoms with van der Waals surface area (Å²) >= 11 is 1.42. The number of aromatic carboxylic acids is 1. The van der Waals surface area contributed by atoms with Crippen LogP contribution in [0.5, 0.6) is 0 Å². The monoisotopic (exact) mass is 269 g/mol. The van der Waals surface area contributed by atoms with E-state index in [4.69, 9.17) is 4.74 Å². The molecule has 0 bridgehead atoms. The van der Waals surface area contributed by atoms with Gasteiger partial charge in [-0.05, 0) is 32.2 Å². The van der Waals surface area contributed by atoms with Gasteiger partial charge in [-0.1, -0.05) is 6.07 Å². The van der Waals surface area contributed by atoms with Crippen LogP contribution in [0.15, 0.2) is 23.1 Å². The number of carbonyl (C=O) groups is 1. The molecule has 0 aliphatic carbocycles. The number of hydrogen-bond acceptors (Lipinski definition) is 4. The molecular formula is C13H19NO3S. The second kappa shape index (κ2) is 6.11. The number of ether oxygens (including phenoxy) is 1. The van der Waals surface area contributed by atoms with Gasteiger partial charge in [0.05, 0.1) is 11.2 Å². The number of benzene rings is 1. The van der Waals surface area contributed by atoms with Crippen molar-refractivity contribution in [3.05, 3.63) is 23.8 Å². The lowest BCUT2D eigenvalue weighted by Crippen LogP contribution is -2.32. The van der Waals surface area contributed by atoms with Crippen molar-refractivity contribution in [2.24, 2.45) is 0 Å². The number of anilines is 1. The molecule has 0 radical (unpaired) electrons. The topological polar surface area (TPSA) is 58.6 Å². The summed E-state index contributed by atoms with van der Waals surface area (Å²) in [7, 11) is 1.64. The molecule has 1 rings (SSSR count). The first-order valence-corrected chi connectivity index (χ1v) is 6.83. The van der Waals surface area contributed by atoms with E-state index in [0.717, 1.165) is 4.90 Å². The third-order valence-corrected chi connectivity index (χ3v) is 3.50. The molecule has 0 saturated heterocycles. The normalized spacial score (nSPS) is 11.3. The van der Waals surface area contributed by atoms with E-state index in [1.165, 1.54) is 11.8 Å². The summed E-state index contributed by atoms with van der Waals surface area (Å²) in [4.78, 5) is 12.1. The highest BCUT2D eigenvalue weighted by Gasteiger charge is 2.19. The van der Waals surface area contributed by atoms with Gasteiger partial charge in [0, 0.05) is 24.2 Å². The Morgan fingerprint density at radius 2 is 2.17 bits per heavy atom. The summed E-state index contributed by atoms with van der Waals surface area (Å²) in [5, 5.41) is 12.4. The van der Waals surface area contributed by atoms with Gasteiger partial charge < -0.3 is 15.2 Å². The Bertz CT molecular complexity index is 432. The molecular weight excluding hydrogens is 250 g/mol. The van der Waals surface area contributed by atoms with E-state index in [1.54, 1.807) is 19.2 Å². The first-order chi connectivity index (χ1) is 8.41. The molecule has 0 fully saturated rings. The minimum absolute atomic E-state index is 0.317. The third-order valence-electron chi connectivity index (χ3n) is 2.72. The van der Waals surface area contributed by atoms with Crippen LogP contribution in [0.4, 0.5) is 5.69 Å². The smallest absolute Gasteiger partial charge is 0.338 e. The Morgan fingerprint density at radius 3 is 2.67 bits per heavy atom. The summed E-state index contributed by atoms with van der Waals surface area (Å²) < 4.78 is 5.30. The lowest BCUT2D eigenvalue weighted by atomic mass is 10.1. The van der Waals surface area contributed by atoms with Crippen molar-refractivity contribution in [3.63, 3.8) is 0 Å². The Balaban J connectivity index is 2.99. The fourth-order valence-corrected chi connectivity index (χ4v) is 2.07. The van der Waals surface area contributed by atoms with Crippen LogP contribution >= 0.6 is 11.8 Å². The van der Waals surface area contributed by atoms with Gasteiger partial charge in [-0.25, -0.2) is 4.79 Å². The molecule has 4 nitrogen and oxygen atoms in total. The van der Waals surface area contributed by atoms with Gasteiger partial charge in [-0.3, -0.25) is 0 Å². The van der Waals surface area contributed by atoms with Crippen LogP contribution in [0.3, 0.4) is 0 Å². The maximum Gasteiger partial charge on any atom is 0.338 e. The van der Waals surface area contributed by atoms with E-state index in [9.17, 15) is 9.90 Å². The first-order valence-electron chi connectivity index (χ1n) is 5.60. The number of carboxylic acid groups (broad SMARTS) is 1. The molecule has 0 aliphatic rings. The van der Waals surface area contributed by atoms with Gasteiger partial charge in [-0.2, -0.15) is 0 Å². The molecule has 0 aliphatic heterocycles. The molecule has 5 heteroatoms. The number of carboxylic acids is 1. The summed E-state index contributed by atoms with van der Waals surface area (Å²) in [6.07, 6.45) is 1.87. The SMILES string of the molecule is COC(C)(C)CNc1cccc(SC)c1C(=O)O. The van der Waals surface area contributed by atoms with Crippen LogP contribution in [0.2, 0.25) is 0 Å². The molecule has 1 aromatic carbocycles. The Labute approximate surface area is 112 Å². The van der Waals surface area contributed by atoms with Crippen LogP contribution in [0.1, 0.15) is 24.2 Å². The van der Waals surface area contributed by atoms with E-state index in [1.807, 2.05) is 26.2 Å². The fraction of sp³-hybridized carbons (Fsp3) is 0.462. The average molecular weight is 269 g/mol. The standard InChI is InChI=1S/C13H19NO3S/c1-13(2,17-3)8-14-9-6-5-7-10(18-4)11(9)12(15)16/h5-7,14H,8H2,1-4H3,(H,15,16). The highest BCUT2D eigenvalue weighted by atomic mass is 32.2. The molecule has 0 atom stereocenters. The molecule has 0 aromatic heterocycles. The van der Waals surface area contributed by atoms with Crippen molar-refractivity contribution in [1.82, 2.24) is 0 Å². The molecule has 0 heterocycles. The summed E-state index contributed by atoms with van der Waals surface area (Å²) in [6, 6.07) is 5.43. The second-order valence-electron chi connectivity index (χ2n) is 4.51. The Kier molecular flexibility index (Phi) is 5.04. The van der Waals surface area contributed by atoms with Gasteiger partial charge in [-0.15, -0.1) is 11.8 Å². The number of nitrogens with one attached hydrogen (secondary N) is 1. The van der Waals surface area contributed by atoms with E-state index in [0.29, 0.717) is 17.8 Å². The Hall–Kier alpha value is -1.20. The van der Waals surface area contributed by atoms with Crippen LogP contribution in [0.25, 0.3) is 0 Å². The second-order valence-corrected chi connectivity index (χ2v) is 5.35. The van der Waals surface area contributed by atoms with Crippen molar-refractivity contribution in [2.45, 2.75) is 24.3 Å². The third kappa shape index (κ3) is 3.65.